The van der Waals surface area contributed by atoms with Crippen molar-refractivity contribution in [1.82, 2.24) is 10.2 Å². The van der Waals surface area contributed by atoms with Crippen LogP contribution in [0, 0.1) is 5.92 Å². The van der Waals surface area contributed by atoms with E-state index >= 15 is 0 Å². The first-order valence-corrected chi connectivity index (χ1v) is 7.05. The van der Waals surface area contributed by atoms with Crippen LogP contribution in [0.15, 0.2) is 0 Å². The molecule has 1 heterocycles. The molecule has 2 aliphatic rings. The highest BCUT2D eigenvalue weighted by molar-refractivity contribution is 5.74. The van der Waals surface area contributed by atoms with E-state index in [1.54, 1.807) is 4.90 Å². The summed E-state index contributed by atoms with van der Waals surface area (Å²) in [6, 6.07) is -0.260. The summed E-state index contributed by atoms with van der Waals surface area (Å²) in [6.07, 6.45) is 2.54. The molecule has 0 aromatic rings. The van der Waals surface area contributed by atoms with Crippen LogP contribution in [0.4, 0.5) is 13.6 Å². The molecule has 0 bridgehead atoms. The van der Waals surface area contributed by atoms with Crippen molar-refractivity contribution in [2.45, 2.75) is 50.5 Å². The second kappa shape index (κ2) is 6.03. The molecule has 0 spiro atoms. The number of hydrogen-bond donors (Lipinski definition) is 2. The maximum absolute atomic E-state index is 13.0. The Morgan fingerprint density at radius 2 is 2.00 bits per heavy atom. The molecule has 1 saturated heterocycles. The average Bonchev–Trinajstić information content (AvgIpc) is 2.85. The molecule has 0 radical (unpaired) electrons. The highest BCUT2D eigenvalue weighted by Crippen LogP contribution is 2.35. The lowest BCUT2D eigenvalue weighted by Crippen LogP contribution is -2.46. The first-order valence-electron chi connectivity index (χ1n) is 7.05. The molecule has 1 atom stereocenters. The Bertz CT molecular complexity index is 316. The van der Waals surface area contributed by atoms with Gasteiger partial charge in [0, 0.05) is 25.9 Å². The fourth-order valence-corrected chi connectivity index (χ4v) is 2.93. The second-order valence-electron chi connectivity index (χ2n) is 5.66. The number of nitrogens with one attached hydrogen (secondary N) is 1. The lowest BCUT2D eigenvalue weighted by molar-refractivity contribution is -0.0452. The number of likely N-dealkylation sites (tertiary alicyclic amines) is 1. The second-order valence-corrected chi connectivity index (χ2v) is 5.66. The summed E-state index contributed by atoms with van der Waals surface area (Å²) in [5, 5.41) is 12.0. The van der Waals surface area contributed by atoms with Crippen molar-refractivity contribution >= 4 is 6.03 Å². The monoisotopic (exact) mass is 276 g/mol. The quantitative estimate of drug-likeness (QED) is 0.828. The van der Waals surface area contributed by atoms with E-state index < -0.39 is 5.92 Å². The minimum Gasteiger partial charge on any atom is -0.394 e. The van der Waals surface area contributed by atoms with Crippen LogP contribution in [0.25, 0.3) is 0 Å². The molecule has 0 aromatic carbocycles. The van der Waals surface area contributed by atoms with Gasteiger partial charge in [-0.25, -0.2) is 13.6 Å². The van der Waals surface area contributed by atoms with E-state index in [0.717, 1.165) is 12.8 Å². The van der Waals surface area contributed by atoms with Crippen molar-refractivity contribution in [3.05, 3.63) is 0 Å². The smallest absolute Gasteiger partial charge is 0.317 e. The number of hydrogen-bond acceptors (Lipinski definition) is 2. The maximum Gasteiger partial charge on any atom is 0.317 e. The van der Waals surface area contributed by atoms with Crippen LogP contribution in [0.3, 0.4) is 0 Å². The van der Waals surface area contributed by atoms with Gasteiger partial charge in [0.15, 0.2) is 0 Å². The largest absolute Gasteiger partial charge is 0.394 e. The Morgan fingerprint density at radius 1 is 1.32 bits per heavy atom. The van der Waals surface area contributed by atoms with Crippen LogP contribution in [0.5, 0.6) is 0 Å². The minimum absolute atomic E-state index is 0.0108. The normalized spacial score (nSPS) is 27.5. The Kier molecular flexibility index (Phi) is 4.60. The fourth-order valence-electron chi connectivity index (χ4n) is 2.93. The van der Waals surface area contributed by atoms with Crippen molar-refractivity contribution in [3.8, 4) is 0 Å². The topological polar surface area (TPSA) is 52.6 Å². The zero-order valence-corrected chi connectivity index (χ0v) is 11.1. The number of amides is 2. The third-order valence-electron chi connectivity index (χ3n) is 4.23. The van der Waals surface area contributed by atoms with Crippen LogP contribution in [-0.4, -0.2) is 47.7 Å². The third-order valence-corrected chi connectivity index (χ3v) is 4.23. The van der Waals surface area contributed by atoms with Gasteiger partial charge in [-0.2, -0.15) is 0 Å². The predicted octanol–water partition coefficient (Wildman–Crippen LogP) is 1.98. The molecule has 6 heteroatoms. The van der Waals surface area contributed by atoms with E-state index in [1.165, 1.54) is 0 Å². The fraction of sp³-hybridized carbons (Fsp3) is 0.923. The molecule has 4 nitrogen and oxygen atoms in total. The van der Waals surface area contributed by atoms with Crippen molar-refractivity contribution in [1.29, 1.82) is 0 Å². The molecule has 2 fully saturated rings. The predicted molar refractivity (Wildman–Crippen MR) is 67.1 cm³/mol. The molecule has 1 saturated carbocycles. The van der Waals surface area contributed by atoms with E-state index in [9.17, 15) is 13.6 Å². The van der Waals surface area contributed by atoms with Crippen LogP contribution in [-0.2, 0) is 0 Å². The molecule has 1 unspecified atom stereocenters. The van der Waals surface area contributed by atoms with E-state index in [-0.39, 0.29) is 37.4 Å². The van der Waals surface area contributed by atoms with Gasteiger partial charge < -0.3 is 15.3 Å². The molecule has 1 aliphatic heterocycles. The number of aliphatic hydroxyl groups is 1. The van der Waals surface area contributed by atoms with Gasteiger partial charge in [-0.3, -0.25) is 0 Å². The molecule has 110 valence electrons. The third kappa shape index (κ3) is 3.78. The summed E-state index contributed by atoms with van der Waals surface area (Å²) >= 11 is 0. The molecule has 2 amide bonds. The lowest BCUT2D eigenvalue weighted by atomic mass is 9.87. The summed E-state index contributed by atoms with van der Waals surface area (Å²) in [5.41, 5.74) is 0. The van der Waals surface area contributed by atoms with Gasteiger partial charge in [-0.05, 0) is 31.6 Å². The average molecular weight is 276 g/mol. The molecule has 0 aromatic heterocycles. The minimum atomic E-state index is -2.52. The Balaban J connectivity index is 1.72. The number of halogens is 2. The maximum atomic E-state index is 13.0. The van der Waals surface area contributed by atoms with E-state index in [2.05, 4.69) is 5.32 Å². The molecular formula is C13H22F2N2O2. The van der Waals surface area contributed by atoms with E-state index in [0.29, 0.717) is 25.9 Å². The van der Waals surface area contributed by atoms with Crippen molar-refractivity contribution in [2.24, 2.45) is 5.92 Å². The summed E-state index contributed by atoms with van der Waals surface area (Å²) in [7, 11) is 0. The van der Waals surface area contributed by atoms with Gasteiger partial charge in [0.05, 0.1) is 12.6 Å². The first kappa shape index (κ1) is 14.5. The number of alkyl halides is 2. The summed E-state index contributed by atoms with van der Waals surface area (Å²) in [6.45, 7) is 1.12. The lowest BCUT2D eigenvalue weighted by Gasteiger charge is -2.29. The van der Waals surface area contributed by atoms with Gasteiger partial charge in [0.25, 0.3) is 0 Å². The number of aliphatic hydroxyl groups excluding tert-OH is 1. The first-order chi connectivity index (χ1) is 9.02. The van der Waals surface area contributed by atoms with Crippen molar-refractivity contribution in [2.75, 3.05) is 19.7 Å². The van der Waals surface area contributed by atoms with Crippen LogP contribution in [0.1, 0.15) is 38.5 Å². The molecule has 2 rings (SSSR count). The highest BCUT2D eigenvalue weighted by atomic mass is 19.3. The number of nitrogens with zero attached hydrogens (tertiary/aromatic N) is 1. The Morgan fingerprint density at radius 3 is 2.63 bits per heavy atom. The highest BCUT2D eigenvalue weighted by Gasteiger charge is 2.35. The Labute approximate surface area is 112 Å². The van der Waals surface area contributed by atoms with Crippen molar-refractivity contribution < 1.29 is 18.7 Å². The number of carbonyl (C=O) groups excluding carboxylic acids is 1. The number of urea groups is 1. The van der Waals surface area contributed by atoms with Crippen LogP contribution >= 0.6 is 0 Å². The summed E-state index contributed by atoms with van der Waals surface area (Å²) in [4.78, 5) is 13.6. The zero-order valence-electron chi connectivity index (χ0n) is 11.1. The summed E-state index contributed by atoms with van der Waals surface area (Å²) in [5.74, 6) is -2.36. The number of rotatable bonds is 3. The van der Waals surface area contributed by atoms with Crippen LogP contribution < -0.4 is 5.32 Å². The molecule has 1 aliphatic carbocycles. The molecular weight excluding hydrogens is 254 g/mol. The summed E-state index contributed by atoms with van der Waals surface area (Å²) < 4.78 is 26.0. The van der Waals surface area contributed by atoms with Gasteiger partial charge >= 0.3 is 6.03 Å². The molecule has 19 heavy (non-hydrogen) atoms. The van der Waals surface area contributed by atoms with Gasteiger partial charge in [-0.15, -0.1) is 0 Å². The zero-order chi connectivity index (χ0) is 13.9. The molecule has 2 N–H and O–H groups in total. The van der Waals surface area contributed by atoms with Crippen molar-refractivity contribution in [3.63, 3.8) is 0 Å². The Hall–Kier alpha value is -0.910. The van der Waals surface area contributed by atoms with Gasteiger partial charge in [0.1, 0.15) is 0 Å². The van der Waals surface area contributed by atoms with E-state index in [4.69, 9.17) is 5.11 Å². The standard InChI is InChI=1S/C13H22F2N2O2/c14-13(15)5-3-10(4-6-13)8-16-12(19)17-7-1-2-11(17)9-18/h10-11,18H,1-9H2,(H,16,19). The van der Waals surface area contributed by atoms with Gasteiger partial charge in [-0.1, -0.05) is 0 Å². The van der Waals surface area contributed by atoms with Crippen LogP contribution in [0.2, 0.25) is 0 Å². The van der Waals surface area contributed by atoms with E-state index in [1.807, 2.05) is 0 Å². The number of carbonyl (C=O) groups is 1. The van der Waals surface area contributed by atoms with Gasteiger partial charge in [0.2, 0.25) is 5.92 Å². The SMILES string of the molecule is O=C(NCC1CCC(F)(F)CC1)N1CCCC1CO.